The van der Waals surface area contributed by atoms with Crippen molar-refractivity contribution in [1.29, 1.82) is 0 Å². The molecular formula is C14H12IN5OS2. The van der Waals surface area contributed by atoms with Gasteiger partial charge in [0.1, 0.15) is 0 Å². The molecule has 3 aromatic rings. The van der Waals surface area contributed by atoms with Gasteiger partial charge in [0, 0.05) is 14.1 Å². The first-order chi connectivity index (χ1) is 11.2. The Morgan fingerprint density at radius 1 is 1.35 bits per heavy atom. The molecule has 0 radical (unpaired) electrons. The Bertz CT molecular complexity index is 790. The summed E-state index contributed by atoms with van der Waals surface area (Å²) in [6.07, 6.45) is 0. The number of nitrogens with one attached hydrogen (secondary N) is 1. The average molecular weight is 457 g/mol. The van der Waals surface area contributed by atoms with E-state index in [0.29, 0.717) is 11.7 Å². The number of amides is 1. The number of aromatic nitrogens is 4. The molecular weight excluding hydrogens is 445 g/mol. The monoisotopic (exact) mass is 457 g/mol. The molecule has 2 heterocycles. The van der Waals surface area contributed by atoms with Crippen LogP contribution in [0.25, 0.3) is 0 Å². The van der Waals surface area contributed by atoms with E-state index >= 15 is 0 Å². The number of carbonyl (C=O) groups is 1. The third-order valence-electron chi connectivity index (χ3n) is 2.83. The van der Waals surface area contributed by atoms with Gasteiger partial charge in [-0.15, -0.1) is 16.4 Å². The lowest BCUT2D eigenvalue weighted by Crippen LogP contribution is -2.14. The van der Waals surface area contributed by atoms with Gasteiger partial charge in [-0.2, -0.15) is 0 Å². The molecule has 2 aromatic heterocycles. The second kappa shape index (κ2) is 7.88. The fourth-order valence-corrected chi connectivity index (χ4v) is 3.75. The molecule has 0 unspecified atom stereocenters. The molecule has 23 heavy (non-hydrogen) atoms. The molecule has 0 saturated carbocycles. The van der Waals surface area contributed by atoms with Crippen LogP contribution in [0.15, 0.2) is 46.9 Å². The van der Waals surface area contributed by atoms with Crippen molar-refractivity contribution in [3.63, 3.8) is 0 Å². The summed E-state index contributed by atoms with van der Waals surface area (Å²) >= 11 is 5.19. The van der Waals surface area contributed by atoms with Crippen LogP contribution in [0.2, 0.25) is 0 Å². The molecule has 0 aliphatic carbocycles. The largest absolute Gasteiger partial charge is 0.325 e. The number of thioether (sulfide) groups is 1. The van der Waals surface area contributed by atoms with Gasteiger partial charge in [0.25, 0.3) is 0 Å². The maximum Gasteiger partial charge on any atom is 0.234 e. The number of benzene rings is 1. The van der Waals surface area contributed by atoms with Gasteiger partial charge in [-0.1, -0.05) is 23.9 Å². The topological polar surface area (TPSA) is 72.7 Å². The number of hydrogen-bond donors (Lipinski definition) is 1. The molecule has 0 atom stereocenters. The van der Waals surface area contributed by atoms with E-state index in [-0.39, 0.29) is 11.7 Å². The zero-order valence-electron chi connectivity index (χ0n) is 11.8. The lowest BCUT2D eigenvalue weighted by molar-refractivity contribution is -0.113. The average Bonchev–Trinajstić information content (AvgIpc) is 3.18. The van der Waals surface area contributed by atoms with E-state index in [1.54, 1.807) is 16.0 Å². The van der Waals surface area contributed by atoms with E-state index in [2.05, 4.69) is 43.4 Å². The minimum absolute atomic E-state index is 0.0809. The van der Waals surface area contributed by atoms with Crippen molar-refractivity contribution in [2.75, 3.05) is 11.1 Å². The Labute approximate surface area is 154 Å². The smallest absolute Gasteiger partial charge is 0.234 e. The molecule has 1 amide bonds. The maximum atomic E-state index is 12.0. The Morgan fingerprint density at radius 2 is 2.26 bits per heavy atom. The lowest BCUT2D eigenvalue weighted by atomic mass is 10.3. The van der Waals surface area contributed by atoms with Gasteiger partial charge in [-0.05, 0) is 62.7 Å². The molecule has 0 aliphatic heterocycles. The van der Waals surface area contributed by atoms with Gasteiger partial charge < -0.3 is 5.32 Å². The summed E-state index contributed by atoms with van der Waals surface area (Å²) < 4.78 is 2.78. The molecule has 3 rings (SSSR count). The second-order valence-electron chi connectivity index (χ2n) is 4.55. The van der Waals surface area contributed by atoms with Crippen LogP contribution in [0.3, 0.4) is 0 Å². The Balaban J connectivity index is 1.56. The van der Waals surface area contributed by atoms with Gasteiger partial charge in [-0.3, -0.25) is 4.79 Å². The number of thiophene rings is 1. The molecule has 9 heteroatoms. The molecule has 0 fully saturated rings. The number of tetrazole rings is 1. The summed E-state index contributed by atoms with van der Waals surface area (Å²) in [7, 11) is 0. The van der Waals surface area contributed by atoms with Crippen molar-refractivity contribution in [3.05, 3.63) is 50.2 Å². The highest BCUT2D eigenvalue weighted by Crippen LogP contribution is 2.18. The molecule has 0 aliphatic rings. The zero-order chi connectivity index (χ0) is 16.1. The van der Waals surface area contributed by atoms with Crippen molar-refractivity contribution in [2.24, 2.45) is 0 Å². The first kappa shape index (κ1) is 16.4. The van der Waals surface area contributed by atoms with Gasteiger partial charge in [-0.25, -0.2) is 4.68 Å². The minimum atomic E-state index is -0.0809. The fourth-order valence-electron chi connectivity index (χ4n) is 1.84. The predicted octanol–water partition coefficient (Wildman–Crippen LogP) is 3.12. The highest BCUT2D eigenvalue weighted by molar-refractivity contribution is 14.1. The van der Waals surface area contributed by atoms with Crippen LogP contribution >= 0.6 is 45.7 Å². The summed E-state index contributed by atoms with van der Waals surface area (Å²) in [5.41, 5.74) is 0.792. The zero-order valence-corrected chi connectivity index (χ0v) is 15.6. The van der Waals surface area contributed by atoms with E-state index < -0.39 is 0 Å². The summed E-state index contributed by atoms with van der Waals surface area (Å²) in [6.45, 7) is 0.617. The number of anilines is 1. The maximum absolute atomic E-state index is 12.0. The van der Waals surface area contributed by atoms with Crippen LogP contribution in [-0.4, -0.2) is 31.9 Å². The lowest BCUT2D eigenvalue weighted by Gasteiger charge is -2.05. The quantitative estimate of drug-likeness (QED) is 0.455. The number of carbonyl (C=O) groups excluding carboxylic acids is 1. The highest BCUT2D eigenvalue weighted by atomic mass is 127. The summed E-state index contributed by atoms with van der Waals surface area (Å²) in [4.78, 5) is 13.2. The van der Waals surface area contributed by atoms with Crippen LogP contribution < -0.4 is 5.32 Å². The van der Waals surface area contributed by atoms with Crippen LogP contribution in [0.5, 0.6) is 0 Å². The summed E-state index contributed by atoms with van der Waals surface area (Å²) in [5.74, 6) is 0.179. The first-order valence-corrected chi connectivity index (χ1v) is 9.62. The van der Waals surface area contributed by atoms with E-state index in [1.807, 2.05) is 41.8 Å². The van der Waals surface area contributed by atoms with Gasteiger partial charge >= 0.3 is 0 Å². The van der Waals surface area contributed by atoms with E-state index in [9.17, 15) is 4.79 Å². The Kier molecular flexibility index (Phi) is 5.62. The van der Waals surface area contributed by atoms with Crippen molar-refractivity contribution < 1.29 is 4.79 Å². The van der Waals surface area contributed by atoms with E-state index in [0.717, 1.165) is 9.26 Å². The fraction of sp³-hybridized carbons (Fsp3) is 0.143. The molecule has 0 spiro atoms. The SMILES string of the molecule is O=C(CSc1nnnn1Cc1cccs1)Nc1cccc(I)c1. The minimum Gasteiger partial charge on any atom is -0.325 e. The number of hydrogen-bond acceptors (Lipinski definition) is 6. The summed E-state index contributed by atoms with van der Waals surface area (Å²) in [6, 6.07) is 11.7. The number of rotatable bonds is 6. The van der Waals surface area contributed by atoms with Crippen molar-refractivity contribution in [1.82, 2.24) is 20.2 Å². The van der Waals surface area contributed by atoms with Crippen molar-refractivity contribution in [3.8, 4) is 0 Å². The first-order valence-electron chi connectivity index (χ1n) is 6.67. The van der Waals surface area contributed by atoms with Gasteiger partial charge in [0.05, 0.1) is 12.3 Å². The third-order valence-corrected chi connectivity index (χ3v) is 5.31. The van der Waals surface area contributed by atoms with Gasteiger partial charge in [0.2, 0.25) is 11.1 Å². The van der Waals surface area contributed by atoms with Crippen LogP contribution in [0, 0.1) is 3.57 Å². The standard InChI is InChI=1S/C14H12IN5OS2/c15-10-3-1-4-11(7-10)16-13(21)9-23-14-17-18-19-20(14)8-12-5-2-6-22-12/h1-7H,8-9H2,(H,16,21). The highest BCUT2D eigenvalue weighted by Gasteiger charge is 2.11. The third kappa shape index (κ3) is 4.75. The normalized spacial score (nSPS) is 10.7. The molecule has 6 nitrogen and oxygen atoms in total. The second-order valence-corrected chi connectivity index (χ2v) is 7.77. The van der Waals surface area contributed by atoms with E-state index in [1.165, 1.54) is 16.6 Å². The molecule has 0 bridgehead atoms. The Morgan fingerprint density at radius 3 is 3.04 bits per heavy atom. The van der Waals surface area contributed by atoms with Crippen LogP contribution in [-0.2, 0) is 11.3 Å². The number of halogens is 1. The molecule has 1 N–H and O–H groups in total. The molecule has 0 saturated heterocycles. The van der Waals surface area contributed by atoms with Crippen LogP contribution in [0.1, 0.15) is 4.88 Å². The Hall–Kier alpha value is -1.46. The van der Waals surface area contributed by atoms with Crippen LogP contribution in [0.4, 0.5) is 5.69 Å². The van der Waals surface area contributed by atoms with Gasteiger partial charge in [0.15, 0.2) is 0 Å². The molecule has 118 valence electrons. The predicted molar refractivity (Wildman–Crippen MR) is 99.8 cm³/mol. The van der Waals surface area contributed by atoms with E-state index in [4.69, 9.17) is 0 Å². The van der Waals surface area contributed by atoms with Crippen molar-refractivity contribution >= 4 is 57.3 Å². The number of nitrogens with zero attached hydrogens (tertiary/aromatic N) is 4. The summed E-state index contributed by atoms with van der Waals surface area (Å²) in [5, 5.41) is 17.2. The molecule has 1 aromatic carbocycles. The van der Waals surface area contributed by atoms with Crippen molar-refractivity contribution in [2.45, 2.75) is 11.7 Å².